The van der Waals surface area contributed by atoms with Gasteiger partial charge in [0.15, 0.2) is 0 Å². The van der Waals surface area contributed by atoms with Gasteiger partial charge >= 0.3 is 0 Å². The minimum absolute atomic E-state index is 0.00103. The summed E-state index contributed by atoms with van der Waals surface area (Å²) in [5.41, 5.74) is 18.7. The van der Waals surface area contributed by atoms with Gasteiger partial charge in [0.2, 0.25) is 0 Å². The van der Waals surface area contributed by atoms with Gasteiger partial charge in [0.25, 0.3) is 6.71 Å². The fourth-order valence-electron chi connectivity index (χ4n) is 8.30. The lowest BCUT2D eigenvalue weighted by Gasteiger charge is -2.46. The molecule has 5 aromatic rings. The van der Waals surface area contributed by atoms with Crippen LogP contribution in [0.25, 0.3) is 0 Å². The smallest absolute Gasteiger partial charge is 0.252 e. The lowest BCUT2D eigenvalue weighted by molar-refractivity contribution is 0.568. The number of anilines is 6. The molecule has 4 heteroatoms. The lowest BCUT2D eigenvalue weighted by atomic mass is 9.33. The van der Waals surface area contributed by atoms with Gasteiger partial charge in [-0.2, -0.15) is 0 Å². The van der Waals surface area contributed by atoms with E-state index < -0.39 is 0 Å². The van der Waals surface area contributed by atoms with Crippen LogP contribution in [0.2, 0.25) is 0 Å². The molecule has 2 nitrogen and oxygen atoms in total. The number of nitrogens with zero attached hydrogens (tertiary/aromatic N) is 2. The molecule has 0 unspecified atom stereocenters. The molecule has 0 aromatic heterocycles. The zero-order chi connectivity index (χ0) is 39.5. The van der Waals surface area contributed by atoms with E-state index in [2.05, 4.69) is 205 Å². The van der Waals surface area contributed by atoms with Gasteiger partial charge in [-0.05, 0) is 120 Å². The number of rotatable bonds is 2. The summed E-state index contributed by atoms with van der Waals surface area (Å²) in [6.45, 7) is 35.2. The molecule has 0 saturated carbocycles. The van der Waals surface area contributed by atoms with Crippen LogP contribution in [0.4, 0.5) is 34.1 Å². The molecule has 0 radical (unpaired) electrons. The molecule has 0 aliphatic carbocycles. The molecule has 280 valence electrons. The fourth-order valence-corrected chi connectivity index (χ4v) is 8.78. The van der Waals surface area contributed by atoms with Crippen molar-refractivity contribution in [2.45, 2.75) is 131 Å². The monoisotopic (exact) mass is 730 g/mol. The third-order valence-electron chi connectivity index (χ3n) is 11.9. The van der Waals surface area contributed by atoms with Gasteiger partial charge in [-0.15, -0.1) is 0 Å². The fraction of sp³-hybridized carbons (Fsp3) is 0.400. The van der Waals surface area contributed by atoms with Gasteiger partial charge in [0, 0.05) is 44.4 Å². The van der Waals surface area contributed by atoms with E-state index in [0.717, 1.165) is 10.2 Å². The number of hydrogen-bond acceptors (Lipinski definition) is 2. The van der Waals surface area contributed by atoms with Crippen molar-refractivity contribution in [1.82, 2.24) is 0 Å². The van der Waals surface area contributed by atoms with Crippen molar-refractivity contribution < 1.29 is 0 Å². The highest BCUT2D eigenvalue weighted by Crippen LogP contribution is 2.47. The molecule has 2 aliphatic rings. The maximum atomic E-state index is 2.63. The summed E-state index contributed by atoms with van der Waals surface area (Å²) in [5, 5.41) is 1.43. The SMILES string of the molecule is CC(C)(C)c1ccc(N2c3ccc(C(C)(C)C)cc3B3c4cc([SiH3])ccc4N(c4cc(C(C)(C)C)cc(C(C)(C)C)c4)c4cc(C(C)(C)C)cc2c43)cc1. The van der Waals surface area contributed by atoms with Crippen molar-refractivity contribution in [3.8, 4) is 0 Å². The Hall–Kier alpha value is -4.02. The van der Waals surface area contributed by atoms with Crippen LogP contribution in [0.15, 0.2) is 91.0 Å². The molecule has 5 aromatic carbocycles. The highest BCUT2D eigenvalue weighted by atomic mass is 28.1. The largest absolute Gasteiger partial charge is 0.311 e. The van der Waals surface area contributed by atoms with Crippen molar-refractivity contribution in [1.29, 1.82) is 0 Å². The summed E-state index contributed by atoms with van der Waals surface area (Å²) in [6, 6.07) is 36.5. The van der Waals surface area contributed by atoms with Gasteiger partial charge in [-0.3, -0.25) is 0 Å². The summed E-state index contributed by atoms with van der Waals surface area (Å²) in [5.74, 6) is 0. The van der Waals surface area contributed by atoms with Crippen molar-refractivity contribution in [2.75, 3.05) is 9.80 Å². The molecule has 2 heterocycles. The van der Waals surface area contributed by atoms with Crippen LogP contribution < -0.4 is 31.4 Å². The van der Waals surface area contributed by atoms with Gasteiger partial charge in [0.05, 0.1) is 0 Å². The average molecular weight is 731 g/mol. The summed E-state index contributed by atoms with van der Waals surface area (Å²) in [4.78, 5) is 5.21. The predicted octanol–water partition coefficient (Wildman–Crippen LogP) is 10.2. The van der Waals surface area contributed by atoms with Crippen molar-refractivity contribution in [2.24, 2.45) is 0 Å². The Labute approximate surface area is 330 Å². The zero-order valence-electron chi connectivity index (χ0n) is 36.1. The number of hydrogen-bond donors (Lipinski definition) is 0. The normalized spacial score (nSPS) is 14.6. The van der Waals surface area contributed by atoms with Crippen LogP contribution in [0, 0.1) is 0 Å². The minimum Gasteiger partial charge on any atom is -0.311 e. The molecule has 0 N–H and O–H groups in total. The Balaban J connectivity index is 1.63. The molecular formula is C50H63BN2Si. The number of benzene rings is 5. The first-order valence-corrected chi connectivity index (χ1v) is 21.1. The first-order chi connectivity index (χ1) is 24.8. The van der Waals surface area contributed by atoms with Crippen molar-refractivity contribution in [3.63, 3.8) is 0 Å². The molecule has 2 aliphatic heterocycles. The molecule has 0 bridgehead atoms. The third-order valence-corrected chi connectivity index (χ3v) is 12.5. The highest BCUT2D eigenvalue weighted by Gasteiger charge is 2.45. The van der Waals surface area contributed by atoms with E-state index in [4.69, 9.17) is 0 Å². The first kappa shape index (κ1) is 38.3. The second kappa shape index (κ2) is 12.5. The Morgan fingerprint density at radius 3 is 1.26 bits per heavy atom. The van der Waals surface area contributed by atoms with Crippen LogP contribution in [0.5, 0.6) is 0 Å². The summed E-state index contributed by atoms with van der Waals surface area (Å²) >= 11 is 0. The van der Waals surface area contributed by atoms with E-state index in [0.29, 0.717) is 0 Å². The topological polar surface area (TPSA) is 6.48 Å². The van der Waals surface area contributed by atoms with Gasteiger partial charge in [-0.25, -0.2) is 0 Å². The number of fused-ring (bicyclic) bond motifs is 4. The molecule has 54 heavy (non-hydrogen) atoms. The molecular weight excluding hydrogens is 667 g/mol. The van der Waals surface area contributed by atoms with E-state index in [9.17, 15) is 0 Å². The standard InChI is InChI=1S/C50H63BN2Si/c1-46(2,3)31-16-19-36(20-17-31)52-41-22-18-32(47(4,5)6)27-39(41)51-40-30-38(54)21-23-42(40)53(44-29-35(50(13,14)15)28-43(52)45(44)51)37-25-33(48(7,8)9)24-34(26-37)49(10,11)12/h16-30H,1-15,54H3. The van der Waals surface area contributed by atoms with Crippen LogP contribution in [-0.2, 0) is 27.1 Å². The molecule has 0 fully saturated rings. The average Bonchev–Trinajstić information content (AvgIpc) is 3.05. The van der Waals surface area contributed by atoms with Gasteiger partial charge < -0.3 is 9.80 Å². The Morgan fingerprint density at radius 1 is 0.370 bits per heavy atom. The minimum atomic E-state index is -0.0617. The first-order valence-electron chi connectivity index (χ1n) is 20.1. The molecule has 0 saturated heterocycles. The van der Waals surface area contributed by atoms with Crippen molar-refractivity contribution >= 4 is 72.7 Å². The second-order valence-corrected chi connectivity index (χ2v) is 22.6. The van der Waals surface area contributed by atoms with Gasteiger partial charge in [-0.1, -0.05) is 152 Å². The Kier molecular flexibility index (Phi) is 8.86. The van der Waals surface area contributed by atoms with Crippen LogP contribution in [-0.4, -0.2) is 17.0 Å². The molecule has 7 rings (SSSR count). The van der Waals surface area contributed by atoms with Gasteiger partial charge in [0.1, 0.15) is 0 Å². The summed E-state index contributed by atoms with van der Waals surface area (Å²) in [6.07, 6.45) is 0. The Bertz CT molecular complexity index is 2230. The van der Waals surface area contributed by atoms with E-state index >= 15 is 0 Å². The zero-order valence-corrected chi connectivity index (χ0v) is 38.1. The summed E-state index contributed by atoms with van der Waals surface area (Å²) in [7, 11) is 0.997. The molecule has 0 spiro atoms. The van der Waals surface area contributed by atoms with E-state index in [1.54, 1.807) is 0 Å². The summed E-state index contributed by atoms with van der Waals surface area (Å²) < 4.78 is 0. The highest BCUT2D eigenvalue weighted by molar-refractivity contribution is 7.00. The lowest BCUT2D eigenvalue weighted by Crippen LogP contribution is -2.62. The third kappa shape index (κ3) is 6.67. The maximum absolute atomic E-state index is 2.63. The van der Waals surface area contributed by atoms with E-state index in [1.165, 1.54) is 83.5 Å². The van der Waals surface area contributed by atoms with Crippen LogP contribution >= 0.6 is 0 Å². The Morgan fingerprint density at radius 2 is 0.778 bits per heavy atom. The van der Waals surface area contributed by atoms with E-state index in [-0.39, 0.29) is 33.8 Å². The maximum Gasteiger partial charge on any atom is 0.252 e. The molecule has 0 amide bonds. The van der Waals surface area contributed by atoms with Crippen LogP contribution in [0.3, 0.4) is 0 Å². The predicted molar refractivity (Wildman–Crippen MR) is 244 cm³/mol. The van der Waals surface area contributed by atoms with E-state index in [1.807, 2.05) is 0 Å². The molecule has 0 atom stereocenters. The quantitative estimate of drug-likeness (QED) is 0.164. The van der Waals surface area contributed by atoms with Crippen molar-refractivity contribution in [3.05, 3.63) is 119 Å². The second-order valence-electron chi connectivity index (χ2n) is 21.4. The van der Waals surface area contributed by atoms with Crippen LogP contribution in [0.1, 0.15) is 132 Å².